The molecule has 1 aromatic heterocycles. The minimum atomic E-state index is -0.131. The molecular formula is C22H24N4O3S. The first-order valence-corrected chi connectivity index (χ1v) is 11.1. The van der Waals surface area contributed by atoms with Crippen molar-refractivity contribution in [3.05, 3.63) is 48.5 Å². The normalized spacial score (nSPS) is 16.3. The number of hydrogen-bond donors (Lipinski definition) is 1. The molecule has 1 N–H and O–H groups in total. The maximum absolute atomic E-state index is 12.8. The molecule has 1 unspecified atom stereocenters. The number of thioether (sulfide) groups is 1. The van der Waals surface area contributed by atoms with E-state index in [1.165, 1.54) is 0 Å². The van der Waals surface area contributed by atoms with Crippen LogP contribution in [0.1, 0.15) is 12.8 Å². The molecule has 1 fully saturated rings. The van der Waals surface area contributed by atoms with Crippen LogP contribution < -0.4 is 15.0 Å². The second-order valence-corrected chi connectivity index (χ2v) is 8.02. The molecule has 1 saturated heterocycles. The van der Waals surface area contributed by atoms with Gasteiger partial charge in [0.05, 0.1) is 13.0 Å². The van der Waals surface area contributed by atoms with Crippen molar-refractivity contribution in [3.63, 3.8) is 0 Å². The summed E-state index contributed by atoms with van der Waals surface area (Å²) in [5, 5.41) is 7.15. The van der Waals surface area contributed by atoms with Crippen molar-refractivity contribution < 1.29 is 14.1 Å². The molecule has 1 amide bonds. The Labute approximate surface area is 179 Å². The number of amides is 1. The van der Waals surface area contributed by atoms with Crippen molar-refractivity contribution >= 4 is 29.4 Å². The Hall–Kier alpha value is -3.00. The minimum Gasteiger partial charge on any atom is -0.497 e. The van der Waals surface area contributed by atoms with E-state index in [9.17, 15) is 4.79 Å². The monoisotopic (exact) mass is 424 g/mol. The topological polar surface area (TPSA) is 80.5 Å². The molecule has 3 aromatic rings. The molecule has 0 saturated carbocycles. The van der Waals surface area contributed by atoms with Crippen LogP contribution in [0.3, 0.4) is 0 Å². The number of hydrogen-bond acceptors (Lipinski definition) is 7. The number of ether oxygens (including phenoxy) is 1. The Morgan fingerprint density at radius 3 is 2.87 bits per heavy atom. The van der Waals surface area contributed by atoms with Gasteiger partial charge in [0.1, 0.15) is 5.75 Å². The lowest BCUT2D eigenvalue weighted by molar-refractivity contribution is -0.120. The van der Waals surface area contributed by atoms with Gasteiger partial charge in [-0.1, -0.05) is 11.2 Å². The second-order valence-electron chi connectivity index (χ2n) is 7.14. The number of nitrogens with one attached hydrogen (secondary N) is 1. The van der Waals surface area contributed by atoms with E-state index in [1.54, 1.807) is 18.9 Å². The molecule has 8 heteroatoms. The fourth-order valence-corrected chi connectivity index (χ4v) is 3.97. The molecule has 0 radical (unpaired) electrons. The van der Waals surface area contributed by atoms with E-state index in [0.717, 1.165) is 41.3 Å². The van der Waals surface area contributed by atoms with Crippen LogP contribution in [0.4, 0.5) is 11.7 Å². The highest BCUT2D eigenvalue weighted by molar-refractivity contribution is 7.98. The van der Waals surface area contributed by atoms with Crippen LogP contribution in [-0.2, 0) is 4.79 Å². The fraction of sp³-hybridized carbons (Fsp3) is 0.318. The van der Waals surface area contributed by atoms with Crippen molar-refractivity contribution in [2.45, 2.75) is 17.7 Å². The summed E-state index contributed by atoms with van der Waals surface area (Å²) < 4.78 is 10.7. The standard InChI is InChI=1S/C22H24N4O3S/c1-28-18-10-8-15(9-11-18)20-24-22(29-25-20)26-12-4-5-16(14-26)21(27)23-17-6-3-7-19(13-17)30-2/h3,6-11,13,16H,4-5,12,14H2,1-2H3,(H,23,27). The van der Waals surface area contributed by atoms with Crippen LogP contribution in [0.15, 0.2) is 57.9 Å². The van der Waals surface area contributed by atoms with Crippen LogP contribution >= 0.6 is 11.8 Å². The molecule has 1 atom stereocenters. The summed E-state index contributed by atoms with van der Waals surface area (Å²) >= 11 is 1.65. The third kappa shape index (κ3) is 4.59. The highest BCUT2D eigenvalue weighted by atomic mass is 32.2. The highest BCUT2D eigenvalue weighted by Gasteiger charge is 2.28. The molecule has 4 rings (SSSR count). The van der Waals surface area contributed by atoms with Crippen molar-refractivity contribution in [3.8, 4) is 17.1 Å². The first-order chi connectivity index (χ1) is 14.7. The van der Waals surface area contributed by atoms with E-state index in [2.05, 4.69) is 15.5 Å². The van der Waals surface area contributed by atoms with Gasteiger partial charge in [0.15, 0.2) is 0 Å². The lowest BCUT2D eigenvalue weighted by atomic mass is 9.97. The number of nitrogens with zero attached hydrogens (tertiary/aromatic N) is 3. The number of rotatable bonds is 6. The maximum atomic E-state index is 12.8. The third-order valence-corrected chi connectivity index (χ3v) is 5.89. The molecule has 1 aliphatic rings. The Morgan fingerprint density at radius 1 is 1.27 bits per heavy atom. The number of benzene rings is 2. The first-order valence-electron chi connectivity index (χ1n) is 9.84. The lowest BCUT2D eigenvalue weighted by Gasteiger charge is -2.30. The number of carbonyl (C=O) groups excluding carboxylic acids is 1. The summed E-state index contributed by atoms with van der Waals surface area (Å²) in [5.41, 5.74) is 1.68. The van der Waals surface area contributed by atoms with E-state index in [4.69, 9.17) is 9.26 Å². The largest absolute Gasteiger partial charge is 0.497 e. The van der Waals surface area contributed by atoms with Crippen LogP contribution in [-0.4, -0.2) is 42.5 Å². The van der Waals surface area contributed by atoms with Crippen molar-refractivity contribution in [1.29, 1.82) is 0 Å². The molecular weight excluding hydrogens is 400 g/mol. The number of piperidine rings is 1. The molecule has 0 bridgehead atoms. The zero-order valence-corrected chi connectivity index (χ0v) is 17.8. The summed E-state index contributed by atoms with van der Waals surface area (Å²) in [4.78, 5) is 20.5. The van der Waals surface area contributed by atoms with Crippen LogP contribution in [0.2, 0.25) is 0 Å². The number of methoxy groups -OCH3 is 1. The molecule has 1 aliphatic heterocycles. The van der Waals surface area contributed by atoms with Crippen molar-refractivity contribution in [2.24, 2.45) is 5.92 Å². The predicted octanol–water partition coefficient (Wildman–Crippen LogP) is 4.32. The van der Waals surface area contributed by atoms with Crippen LogP contribution in [0.5, 0.6) is 5.75 Å². The molecule has 2 aromatic carbocycles. The Bertz CT molecular complexity index is 1010. The average molecular weight is 425 g/mol. The summed E-state index contributed by atoms with van der Waals surface area (Å²) in [7, 11) is 1.63. The fourth-order valence-electron chi connectivity index (χ4n) is 3.51. The summed E-state index contributed by atoms with van der Waals surface area (Å²) in [6, 6.07) is 15.8. The van der Waals surface area contributed by atoms with Crippen molar-refractivity contribution in [2.75, 3.05) is 36.7 Å². The third-order valence-electron chi connectivity index (χ3n) is 5.16. The van der Waals surface area contributed by atoms with Crippen molar-refractivity contribution in [1.82, 2.24) is 10.1 Å². The van der Waals surface area contributed by atoms with Gasteiger partial charge in [-0.3, -0.25) is 4.79 Å². The second kappa shape index (κ2) is 9.21. The smallest absolute Gasteiger partial charge is 0.324 e. The summed E-state index contributed by atoms with van der Waals surface area (Å²) in [5.74, 6) is 1.18. The van der Waals surface area contributed by atoms with Gasteiger partial charge in [0, 0.05) is 29.2 Å². The SMILES string of the molecule is COc1ccc(-c2noc(N3CCCC(C(=O)Nc4cccc(SC)c4)C3)n2)cc1. The number of carbonyl (C=O) groups is 1. The quantitative estimate of drug-likeness (QED) is 0.590. The van der Waals surface area contributed by atoms with E-state index < -0.39 is 0 Å². The lowest BCUT2D eigenvalue weighted by Crippen LogP contribution is -2.41. The van der Waals surface area contributed by atoms with Gasteiger partial charge >= 0.3 is 6.01 Å². The summed E-state index contributed by atoms with van der Waals surface area (Å²) in [6.45, 7) is 1.34. The van der Waals surface area contributed by atoms with Crippen LogP contribution in [0.25, 0.3) is 11.4 Å². The number of anilines is 2. The Morgan fingerprint density at radius 2 is 2.10 bits per heavy atom. The molecule has 30 heavy (non-hydrogen) atoms. The van der Waals surface area contributed by atoms with Crippen LogP contribution in [0, 0.1) is 5.92 Å². The Balaban J connectivity index is 1.42. The molecule has 0 aliphatic carbocycles. The minimum absolute atomic E-state index is 0.0212. The van der Waals surface area contributed by atoms with Gasteiger partial charge in [-0.2, -0.15) is 4.98 Å². The molecule has 7 nitrogen and oxygen atoms in total. The van der Waals surface area contributed by atoms with Gasteiger partial charge in [0.25, 0.3) is 0 Å². The Kier molecular flexibility index (Phi) is 6.23. The number of aromatic nitrogens is 2. The summed E-state index contributed by atoms with van der Waals surface area (Å²) in [6.07, 6.45) is 3.75. The van der Waals surface area contributed by atoms with E-state index in [-0.39, 0.29) is 11.8 Å². The zero-order valence-electron chi connectivity index (χ0n) is 17.0. The maximum Gasteiger partial charge on any atom is 0.324 e. The molecule has 156 valence electrons. The highest BCUT2D eigenvalue weighted by Crippen LogP contribution is 2.27. The van der Waals surface area contributed by atoms with Gasteiger partial charge in [0.2, 0.25) is 11.7 Å². The van der Waals surface area contributed by atoms with Gasteiger partial charge in [-0.15, -0.1) is 11.8 Å². The van der Waals surface area contributed by atoms with Gasteiger partial charge in [-0.05, 0) is 61.6 Å². The predicted molar refractivity (Wildman–Crippen MR) is 118 cm³/mol. The zero-order chi connectivity index (χ0) is 20.9. The molecule has 0 spiro atoms. The van der Waals surface area contributed by atoms with E-state index in [0.29, 0.717) is 18.4 Å². The van der Waals surface area contributed by atoms with E-state index in [1.807, 2.05) is 59.7 Å². The average Bonchev–Trinajstić information content (AvgIpc) is 3.30. The van der Waals surface area contributed by atoms with E-state index >= 15 is 0 Å². The first kappa shape index (κ1) is 20.3. The molecule has 2 heterocycles. The van der Waals surface area contributed by atoms with Gasteiger partial charge < -0.3 is 19.5 Å². The van der Waals surface area contributed by atoms with Gasteiger partial charge in [-0.25, -0.2) is 0 Å².